The molecule has 2 aromatic carbocycles. The van der Waals surface area contributed by atoms with Crippen molar-refractivity contribution in [3.05, 3.63) is 70.6 Å². The number of carbonyl (C=O) groups is 1. The predicted molar refractivity (Wildman–Crippen MR) is 111 cm³/mol. The van der Waals surface area contributed by atoms with Crippen molar-refractivity contribution in [2.45, 2.75) is 18.4 Å². The smallest absolute Gasteiger partial charge is 0.291 e. The minimum atomic E-state index is -3.48. The summed E-state index contributed by atoms with van der Waals surface area (Å²) >= 11 is 3.34. The summed E-state index contributed by atoms with van der Waals surface area (Å²) < 4.78 is 36.0. The van der Waals surface area contributed by atoms with Gasteiger partial charge in [-0.2, -0.15) is 0 Å². The number of aromatic hydroxyl groups is 1. The maximum absolute atomic E-state index is 12.4. The van der Waals surface area contributed by atoms with Crippen molar-refractivity contribution in [3.8, 4) is 11.5 Å². The molecule has 3 rings (SSSR count). The highest BCUT2D eigenvalue weighted by Gasteiger charge is 2.17. The van der Waals surface area contributed by atoms with Gasteiger partial charge in [0.1, 0.15) is 23.9 Å². The lowest BCUT2D eigenvalue weighted by Crippen LogP contribution is -2.12. The number of hydrogen-bond acceptors (Lipinski definition) is 6. The molecule has 0 bridgehead atoms. The van der Waals surface area contributed by atoms with E-state index in [2.05, 4.69) is 21.2 Å². The first-order chi connectivity index (χ1) is 13.8. The highest BCUT2D eigenvalue weighted by molar-refractivity contribution is 9.10. The van der Waals surface area contributed by atoms with Crippen LogP contribution in [0.25, 0.3) is 0 Å². The molecule has 2 N–H and O–H groups in total. The lowest BCUT2D eigenvalue weighted by atomic mass is 10.3. The fourth-order valence-corrected chi connectivity index (χ4v) is 3.59. The van der Waals surface area contributed by atoms with E-state index in [1.165, 1.54) is 31.2 Å². The van der Waals surface area contributed by atoms with E-state index in [9.17, 15) is 18.3 Å². The van der Waals surface area contributed by atoms with Crippen LogP contribution in [-0.4, -0.2) is 25.2 Å². The number of ether oxygens (including phenoxy) is 1. The van der Waals surface area contributed by atoms with Crippen molar-refractivity contribution in [3.63, 3.8) is 0 Å². The van der Waals surface area contributed by atoms with Crippen LogP contribution in [0, 0.1) is 0 Å². The van der Waals surface area contributed by atoms with Crippen LogP contribution < -0.4 is 10.1 Å². The first kappa shape index (κ1) is 20.9. The van der Waals surface area contributed by atoms with E-state index in [-0.39, 0.29) is 34.5 Å². The Balaban J connectivity index is 1.69. The van der Waals surface area contributed by atoms with Crippen molar-refractivity contribution in [1.82, 2.24) is 0 Å². The Bertz CT molecular complexity index is 1120. The topological polar surface area (TPSA) is 106 Å². The van der Waals surface area contributed by atoms with Crippen molar-refractivity contribution < 1.29 is 27.5 Å². The summed E-state index contributed by atoms with van der Waals surface area (Å²) in [6.07, 6.45) is 0. The number of nitrogens with one attached hydrogen (secondary N) is 1. The monoisotopic (exact) mass is 479 g/mol. The summed E-state index contributed by atoms with van der Waals surface area (Å²) in [5.41, 5.74) is -0.0198. The van der Waals surface area contributed by atoms with Gasteiger partial charge in [0.15, 0.2) is 15.6 Å². The van der Waals surface area contributed by atoms with Gasteiger partial charge in [0.2, 0.25) is 0 Å². The molecule has 0 saturated heterocycles. The van der Waals surface area contributed by atoms with Crippen molar-refractivity contribution in [1.29, 1.82) is 0 Å². The molecule has 9 heteroatoms. The van der Waals surface area contributed by atoms with Crippen LogP contribution in [0.5, 0.6) is 11.5 Å². The molecule has 1 aromatic heterocycles. The molecule has 0 radical (unpaired) electrons. The highest BCUT2D eigenvalue weighted by Crippen LogP contribution is 2.27. The summed E-state index contributed by atoms with van der Waals surface area (Å²) in [5.74, 6) is 0.118. The number of phenols is 1. The molecule has 29 heavy (non-hydrogen) atoms. The summed E-state index contributed by atoms with van der Waals surface area (Å²) in [6, 6.07) is 14.1. The molecule has 0 fully saturated rings. The number of sulfone groups is 1. The SMILES string of the molecule is CCS(=O)(=O)c1ccc(O)c(NC(=O)c2ccc(COc3ccc(Br)cc3)o2)c1. The Kier molecular flexibility index (Phi) is 6.29. The van der Waals surface area contributed by atoms with E-state index < -0.39 is 15.7 Å². The van der Waals surface area contributed by atoms with Gasteiger partial charge in [-0.15, -0.1) is 0 Å². The Morgan fingerprint density at radius 1 is 1.14 bits per heavy atom. The maximum Gasteiger partial charge on any atom is 0.291 e. The number of rotatable bonds is 7. The quantitative estimate of drug-likeness (QED) is 0.487. The summed E-state index contributed by atoms with van der Waals surface area (Å²) in [4.78, 5) is 12.4. The molecule has 0 atom stereocenters. The number of amides is 1. The van der Waals surface area contributed by atoms with Crippen molar-refractivity contribution in [2.24, 2.45) is 0 Å². The zero-order valence-corrected chi connectivity index (χ0v) is 17.8. The number of phenolic OH excluding ortho intramolecular Hbond substituents is 1. The average Bonchev–Trinajstić information content (AvgIpc) is 3.18. The van der Waals surface area contributed by atoms with Gasteiger partial charge in [0.25, 0.3) is 5.91 Å². The van der Waals surface area contributed by atoms with Gasteiger partial charge in [-0.1, -0.05) is 22.9 Å². The van der Waals surface area contributed by atoms with Crippen LogP contribution in [0.4, 0.5) is 5.69 Å². The first-order valence-electron chi connectivity index (χ1n) is 8.62. The second kappa shape index (κ2) is 8.71. The van der Waals surface area contributed by atoms with Gasteiger partial charge in [-0.05, 0) is 54.6 Å². The van der Waals surface area contributed by atoms with Gasteiger partial charge >= 0.3 is 0 Å². The standard InChI is InChI=1S/C20H18BrNO6S/c1-2-29(25,26)16-8-9-18(23)17(11-16)22-20(24)19-10-7-15(28-19)12-27-14-5-3-13(21)4-6-14/h3-11,23H,2,12H2,1H3,(H,22,24). The van der Waals surface area contributed by atoms with E-state index in [4.69, 9.17) is 9.15 Å². The van der Waals surface area contributed by atoms with E-state index in [0.29, 0.717) is 11.5 Å². The van der Waals surface area contributed by atoms with Gasteiger partial charge in [-0.25, -0.2) is 8.42 Å². The second-order valence-corrected chi connectivity index (χ2v) is 9.24. The molecule has 7 nitrogen and oxygen atoms in total. The predicted octanol–water partition coefficient (Wildman–Crippen LogP) is 4.37. The molecular weight excluding hydrogens is 462 g/mol. The van der Waals surface area contributed by atoms with Crippen LogP contribution in [0.1, 0.15) is 23.2 Å². The van der Waals surface area contributed by atoms with Crippen LogP contribution >= 0.6 is 15.9 Å². The molecule has 0 unspecified atom stereocenters. The number of halogens is 1. The molecule has 0 saturated carbocycles. The normalized spacial score (nSPS) is 11.2. The fraction of sp³-hybridized carbons (Fsp3) is 0.150. The van der Waals surface area contributed by atoms with Crippen LogP contribution in [0.2, 0.25) is 0 Å². The Morgan fingerprint density at radius 2 is 1.86 bits per heavy atom. The molecule has 0 aliphatic heterocycles. The Labute approximate surface area is 176 Å². The van der Waals surface area contributed by atoms with E-state index in [0.717, 1.165) is 4.47 Å². The van der Waals surface area contributed by atoms with E-state index in [1.54, 1.807) is 18.2 Å². The molecule has 0 aliphatic rings. The zero-order chi connectivity index (χ0) is 21.0. The van der Waals surface area contributed by atoms with E-state index in [1.807, 2.05) is 12.1 Å². The van der Waals surface area contributed by atoms with Crippen molar-refractivity contribution in [2.75, 3.05) is 11.1 Å². The Morgan fingerprint density at radius 3 is 2.55 bits per heavy atom. The third-order valence-corrected chi connectivity index (χ3v) is 6.30. The number of benzene rings is 2. The highest BCUT2D eigenvalue weighted by atomic mass is 79.9. The molecule has 0 aliphatic carbocycles. The number of anilines is 1. The molecular formula is C20H18BrNO6S. The third kappa shape index (κ3) is 5.18. The number of hydrogen-bond donors (Lipinski definition) is 2. The minimum Gasteiger partial charge on any atom is -0.506 e. The average molecular weight is 480 g/mol. The molecule has 152 valence electrons. The maximum atomic E-state index is 12.4. The second-order valence-electron chi connectivity index (χ2n) is 6.05. The summed E-state index contributed by atoms with van der Waals surface area (Å²) in [6.45, 7) is 1.64. The van der Waals surface area contributed by atoms with Gasteiger partial charge < -0.3 is 19.6 Å². The van der Waals surface area contributed by atoms with Gasteiger partial charge in [0.05, 0.1) is 16.3 Å². The van der Waals surface area contributed by atoms with Crippen LogP contribution in [0.3, 0.4) is 0 Å². The summed E-state index contributed by atoms with van der Waals surface area (Å²) in [7, 11) is -3.48. The van der Waals surface area contributed by atoms with Crippen LogP contribution in [0.15, 0.2) is 68.4 Å². The van der Waals surface area contributed by atoms with Crippen molar-refractivity contribution >= 4 is 37.4 Å². The lowest BCUT2D eigenvalue weighted by molar-refractivity contribution is 0.0992. The molecule has 0 spiro atoms. The number of carbonyl (C=O) groups excluding carboxylic acids is 1. The lowest BCUT2D eigenvalue weighted by Gasteiger charge is -2.09. The summed E-state index contributed by atoms with van der Waals surface area (Å²) in [5, 5.41) is 12.4. The first-order valence-corrected chi connectivity index (χ1v) is 11.1. The van der Waals surface area contributed by atoms with Gasteiger partial charge in [0, 0.05) is 4.47 Å². The third-order valence-electron chi connectivity index (χ3n) is 4.04. The molecule has 1 amide bonds. The minimum absolute atomic E-state index is 0.00237. The number of furan rings is 1. The Hall–Kier alpha value is -2.78. The fourth-order valence-electron chi connectivity index (χ4n) is 2.42. The molecule has 3 aromatic rings. The van der Waals surface area contributed by atoms with E-state index >= 15 is 0 Å². The zero-order valence-electron chi connectivity index (χ0n) is 15.4. The largest absolute Gasteiger partial charge is 0.506 e. The van der Waals surface area contributed by atoms with Gasteiger partial charge in [-0.3, -0.25) is 4.79 Å². The molecule has 1 heterocycles. The van der Waals surface area contributed by atoms with Crippen LogP contribution in [-0.2, 0) is 16.4 Å².